The largest absolute Gasteiger partial charge is 0.401 e. The van der Waals surface area contributed by atoms with E-state index in [1.54, 1.807) is 6.92 Å². The van der Waals surface area contributed by atoms with Crippen molar-refractivity contribution in [1.29, 1.82) is 0 Å². The van der Waals surface area contributed by atoms with Crippen molar-refractivity contribution in [2.75, 3.05) is 13.1 Å². The third-order valence-corrected chi connectivity index (χ3v) is 3.85. The van der Waals surface area contributed by atoms with Crippen LogP contribution in [-0.4, -0.2) is 41.4 Å². The molecule has 1 rings (SSSR count). The van der Waals surface area contributed by atoms with Crippen molar-refractivity contribution in [3.63, 3.8) is 0 Å². The quantitative estimate of drug-likeness (QED) is 0.827. The van der Waals surface area contributed by atoms with Crippen molar-refractivity contribution >= 4 is 0 Å². The molecule has 5 heteroatoms. The van der Waals surface area contributed by atoms with E-state index in [0.717, 1.165) is 25.7 Å². The van der Waals surface area contributed by atoms with Gasteiger partial charge in [0.2, 0.25) is 0 Å². The van der Waals surface area contributed by atoms with E-state index in [2.05, 4.69) is 6.92 Å². The minimum absolute atomic E-state index is 0.125. The molecule has 0 saturated heterocycles. The van der Waals surface area contributed by atoms with Crippen LogP contribution in [0.3, 0.4) is 0 Å². The molecule has 0 radical (unpaired) electrons. The number of rotatable bonds is 5. The highest BCUT2D eigenvalue weighted by Crippen LogP contribution is 2.33. The van der Waals surface area contributed by atoms with Crippen molar-refractivity contribution in [2.45, 2.75) is 64.3 Å². The number of hydrogen-bond donors (Lipinski definition) is 1. The van der Waals surface area contributed by atoms with Gasteiger partial charge in [-0.2, -0.15) is 13.2 Å². The lowest BCUT2D eigenvalue weighted by atomic mass is 9.79. The van der Waals surface area contributed by atoms with Crippen molar-refractivity contribution in [3.05, 3.63) is 0 Å². The minimum Gasteiger partial charge on any atom is -0.393 e. The van der Waals surface area contributed by atoms with E-state index in [1.807, 2.05) is 0 Å². The molecule has 0 amide bonds. The predicted octanol–water partition coefficient (Wildman–Crippen LogP) is 3.20. The van der Waals surface area contributed by atoms with Crippen LogP contribution < -0.4 is 0 Å². The maximum Gasteiger partial charge on any atom is 0.401 e. The van der Waals surface area contributed by atoms with E-state index in [4.69, 9.17) is 0 Å². The molecule has 1 aliphatic rings. The van der Waals surface area contributed by atoms with Gasteiger partial charge in [-0.15, -0.1) is 0 Å². The van der Waals surface area contributed by atoms with Crippen LogP contribution in [-0.2, 0) is 0 Å². The van der Waals surface area contributed by atoms with E-state index in [1.165, 1.54) is 4.90 Å². The Hall–Kier alpha value is -0.290. The third kappa shape index (κ3) is 4.76. The van der Waals surface area contributed by atoms with Crippen LogP contribution in [0.4, 0.5) is 13.2 Å². The first kappa shape index (κ1) is 15.8. The van der Waals surface area contributed by atoms with E-state index >= 15 is 0 Å². The van der Waals surface area contributed by atoms with Crippen LogP contribution in [0.1, 0.15) is 46.0 Å². The number of halogens is 3. The zero-order valence-corrected chi connectivity index (χ0v) is 11.2. The number of hydrogen-bond acceptors (Lipinski definition) is 2. The average Bonchev–Trinajstić information content (AvgIpc) is 2.27. The molecular weight excluding hydrogens is 243 g/mol. The molecule has 3 atom stereocenters. The molecule has 1 saturated carbocycles. The van der Waals surface area contributed by atoms with Crippen molar-refractivity contribution < 1.29 is 18.3 Å². The van der Waals surface area contributed by atoms with Crippen LogP contribution in [0.25, 0.3) is 0 Å². The van der Waals surface area contributed by atoms with Crippen molar-refractivity contribution in [1.82, 2.24) is 4.90 Å². The first-order valence-electron chi connectivity index (χ1n) is 6.86. The molecule has 1 aliphatic carbocycles. The summed E-state index contributed by atoms with van der Waals surface area (Å²) in [6, 6.07) is -0.125. The highest BCUT2D eigenvalue weighted by molar-refractivity contribution is 4.87. The highest BCUT2D eigenvalue weighted by atomic mass is 19.4. The van der Waals surface area contributed by atoms with Crippen LogP contribution in [0.5, 0.6) is 0 Å². The summed E-state index contributed by atoms with van der Waals surface area (Å²) >= 11 is 0. The summed E-state index contributed by atoms with van der Waals surface area (Å²) in [5.41, 5.74) is 0. The van der Waals surface area contributed by atoms with E-state index in [-0.39, 0.29) is 6.04 Å². The Balaban J connectivity index is 2.71. The molecule has 3 unspecified atom stereocenters. The second kappa shape index (κ2) is 6.75. The zero-order valence-electron chi connectivity index (χ0n) is 11.2. The summed E-state index contributed by atoms with van der Waals surface area (Å²) < 4.78 is 37.7. The molecule has 0 aliphatic heterocycles. The van der Waals surface area contributed by atoms with Crippen LogP contribution in [0, 0.1) is 5.92 Å². The first-order valence-corrected chi connectivity index (χ1v) is 6.86. The molecule has 0 aromatic carbocycles. The Morgan fingerprint density at radius 2 is 1.89 bits per heavy atom. The summed E-state index contributed by atoms with van der Waals surface area (Å²) in [6.07, 6.45) is -0.611. The van der Waals surface area contributed by atoms with Gasteiger partial charge < -0.3 is 5.11 Å². The number of alkyl halides is 3. The SMILES string of the molecule is CCCC1CCC(O)CC1N(CC)CC(F)(F)F. The molecule has 0 bridgehead atoms. The minimum atomic E-state index is -4.16. The second-order valence-electron chi connectivity index (χ2n) is 5.26. The van der Waals surface area contributed by atoms with Gasteiger partial charge in [0.25, 0.3) is 0 Å². The summed E-state index contributed by atoms with van der Waals surface area (Å²) in [6.45, 7) is 3.34. The maximum atomic E-state index is 12.6. The first-order chi connectivity index (χ1) is 8.37. The van der Waals surface area contributed by atoms with Crippen LogP contribution >= 0.6 is 0 Å². The number of aliphatic hydroxyl groups is 1. The highest BCUT2D eigenvalue weighted by Gasteiger charge is 2.38. The molecule has 0 aromatic heterocycles. The summed E-state index contributed by atoms with van der Waals surface area (Å²) in [4.78, 5) is 1.49. The number of aliphatic hydroxyl groups excluding tert-OH is 1. The summed E-state index contributed by atoms with van der Waals surface area (Å²) in [5.74, 6) is 0.292. The summed E-state index contributed by atoms with van der Waals surface area (Å²) in [5, 5.41) is 9.70. The zero-order chi connectivity index (χ0) is 13.8. The number of nitrogens with zero attached hydrogens (tertiary/aromatic N) is 1. The normalized spacial score (nSPS) is 29.8. The van der Waals surface area contributed by atoms with E-state index in [0.29, 0.717) is 18.9 Å². The Bertz CT molecular complexity index is 245. The standard InChI is InChI=1S/C13H24F3NO/c1-3-5-10-6-7-11(18)8-12(10)17(4-2)9-13(14,15)16/h10-12,18H,3-9H2,1-2H3. The topological polar surface area (TPSA) is 23.5 Å². The second-order valence-corrected chi connectivity index (χ2v) is 5.26. The lowest BCUT2D eigenvalue weighted by Gasteiger charge is -2.41. The van der Waals surface area contributed by atoms with Crippen molar-refractivity contribution in [3.8, 4) is 0 Å². The maximum absolute atomic E-state index is 12.6. The Morgan fingerprint density at radius 3 is 2.39 bits per heavy atom. The van der Waals surface area contributed by atoms with Gasteiger partial charge in [0.05, 0.1) is 12.6 Å². The van der Waals surface area contributed by atoms with Gasteiger partial charge in [-0.1, -0.05) is 20.3 Å². The van der Waals surface area contributed by atoms with Gasteiger partial charge in [-0.3, -0.25) is 4.90 Å². The van der Waals surface area contributed by atoms with E-state index in [9.17, 15) is 18.3 Å². The molecule has 1 N–H and O–H groups in total. The Kier molecular flexibility index (Phi) is 5.92. The third-order valence-electron chi connectivity index (χ3n) is 3.85. The fourth-order valence-electron chi connectivity index (χ4n) is 3.04. The molecule has 1 fully saturated rings. The molecule has 0 aromatic rings. The van der Waals surface area contributed by atoms with E-state index < -0.39 is 18.8 Å². The predicted molar refractivity (Wildman–Crippen MR) is 65.3 cm³/mol. The molecule has 0 heterocycles. The fourth-order valence-corrected chi connectivity index (χ4v) is 3.04. The Morgan fingerprint density at radius 1 is 1.22 bits per heavy atom. The van der Waals surface area contributed by atoms with Gasteiger partial charge >= 0.3 is 6.18 Å². The van der Waals surface area contributed by atoms with Crippen LogP contribution in [0.2, 0.25) is 0 Å². The van der Waals surface area contributed by atoms with Crippen LogP contribution in [0.15, 0.2) is 0 Å². The van der Waals surface area contributed by atoms with Gasteiger partial charge in [0.1, 0.15) is 0 Å². The molecular formula is C13H24F3NO. The van der Waals surface area contributed by atoms with Gasteiger partial charge in [-0.25, -0.2) is 0 Å². The molecule has 108 valence electrons. The molecule has 18 heavy (non-hydrogen) atoms. The smallest absolute Gasteiger partial charge is 0.393 e. The van der Waals surface area contributed by atoms with Gasteiger partial charge in [0.15, 0.2) is 0 Å². The lowest BCUT2D eigenvalue weighted by Crippen LogP contribution is -2.49. The molecule has 2 nitrogen and oxygen atoms in total. The lowest BCUT2D eigenvalue weighted by molar-refractivity contribution is -0.156. The van der Waals surface area contributed by atoms with Gasteiger partial charge in [-0.05, 0) is 38.1 Å². The average molecular weight is 267 g/mol. The summed E-state index contributed by atoms with van der Waals surface area (Å²) in [7, 11) is 0. The monoisotopic (exact) mass is 267 g/mol. The fraction of sp³-hybridized carbons (Fsp3) is 1.00. The molecule has 0 spiro atoms. The Labute approximate surface area is 107 Å². The van der Waals surface area contributed by atoms with Crippen molar-refractivity contribution in [2.24, 2.45) is 5.92 Å². The van der Waals surface area contributed by atoms with Gasteiger partial charge in [0, 0.05) is 6.04 Å².